The van der Waals surface area contributed by atoms with E-state index in [1.54, 1.807) is 12.2 Å². The Balaban J connectivity index is 1.75. The molecule has 0 aliphatic heterocycles. The van der Waals surface area contributed by atoms with Crippen LogP contribution in [0.2, 0.25) is 0 Å². The molecule has 5 heteroatoms. The van der Waals surface area contributed by atoms with Crippen molar-refractivity contribution in [3.63, 3.8) is 0 Å². The molecule has 7 atom stereocenters. The molecule has 0 aromatic heterocycles. The molecule has 4 rings (SSSR count). The maximum absolute atomic E-state index is 11.9. The summed E-state index contributed by atoms with van der Waals surface area (Å²) in [6, 6.07) is 0. The Hall–Kier alpha value is -1.91. The Morgan fingerprint density at radius 2 is 1.88 bits per heavy atom. The standard InChI is InChI=1S/C21H26O5/c1-20-8-7-14(24)9-13(20)3-4-15-16-5-6-18(26-12-23)21(16,2)10-17(19(15)20)25-11-22/h7-9,11-12,15-19H,3-6,10H2,1-2H3/t15-,16-,17-,18-,19+,20-,21-/m0/s1. The lowest BCUT2D eigenvalue weighted by molar-refractivity contribution is -0.170. The van der Waals surface area contributed by atoms with Crippen LogP contribution < -0.4 is 0 Å². The highest BCUT2D eigenvalue weighted by molar-refractivity contribution is 6.01. The van der Waals surface area contributed by atoms with Gasteiger partial charge in [-0.15, -0.1) is 0 Å². The lowest BCUT2D eigenvalue weighted by Crippen LogP contribution is -2.57. The SMILES string of the molecule is C[C@]12C[C@H](OC=O)[C@H]3[C@@H](CCC4=CC(=O)C=C[C@@]43C)[C@@H]1CC[C@@H]2OC=O. The maximum atomic E-state index is 11.9. The zero-order chi connectivity index (χ0) is 18.5. The summed E-state index contributed by atoms with van der Waals surface area (Å²) >= 11 is 0. The lowest BCUT2D eigenvalue weighted by atomic mass is 9.47. The first-order valence-corrected chi connectivity index (χ1v) is 9.56. The third-order valence-corrected chi connectivity index (χ3v) is 7.83. The van der Waals surface area contributed by atoms with Gasteiger partial charge >= 0.3 is 0 Å². The Kier molecular flexibility index (Phi) is 4.08. The fourth-order valence-corrected chi connectivity index (χ4v) is 6.73. The molecule has 140 valence electrons. The van der Waals surface area contributed by atoms with E-state index in [1.165, 1.54) is 0 Å². The molecular weight excluding hydrogens is 332 g/mol. The summed E-state index contributed by atoms with van der Waals surface area (Å²) in [6.07, 6.45) is 9.58. The monoisotopic (exact) mass is 358 g/mol. The first-order chi connectivity index (χ1) is 12.4. The van der Waals surface area contributed by atoms with Gasteiger partial charge in [-0.2, -0.15) is 0 Å². The zero-order valence-electron chi connectivity index (χ0n) is 15.4. The number of rotatable bonds is 4. The highest BCUT2D eigenvalue weighted by Crippen LogP contribution is 2.65. The van der Waals surface area contributed by atoms with Crippen LogP contribution in [0.15, 0.2) is 23.8 Å². The minimum absolute atomic E-state index is 0.0461. The zero-order valence-corrected chi connectivity index (χ0v) is 15.4. The number of hydrogen-bond acceptors (Lipinski definition) is 5. The molecule has 0 aromatic carbocycles. The van der Waals surface area contributed by atoms with Crippen molar-refractivity contribution in [2.75, 3.05) is 0 Å². The van der Waals surface area contributed by atoms with Crippen LogP contribution in [-0.4, -0.2) is 30.9 Å². The number of carbonyl (C=O) groups is 3. The van der Waals surface area contributed by atoms with Crippen LogP contribution in [0.5, 0.6) is 0 Å². The number of carbonyl (C=O) groups excluding carboxylic acids is 3. The summed E-state index contributed by atoms with van der Waals surface area (Å²) in [7, 11) is 0. The molecule has 0 heterocycles. The van der Waals surface area contributed by atoms with Crippen molar-refractivity contribution in [3.8, 4) is 0 Å². The van der Waals surface area contributed by atoms with Crippen LogP contribution in [0.25, 0.3) is 0 Å². The van der Waals surface area contributed by atoms with E-state index in [-0.39, 0.29) is 34.7 Å². The molecule has 0 amide bonds. The molecule has 0 radical (unpaired) electrons. The van der Waals surface area contributed by atoms with Gasteiger partial charge in [-0.05, 0) is 56.1 Å². The first kappa shape index (κ1) is 17.5. The Morgan fingerprint density at radius 1 is 1.12 bits per heavy atom. The summed E-state index contributed by atoms with van der Waals surface area (Å²) in [6.45, 7) is 5.47. The van der Waals surface area contributed by atoms with E-state index in [1.807, 2.05) is 6.08 Å². The molecule has 4 aliphatic rings. The van der Waals surface area contributed by atoms with Gasteiger partial charge in [-0.3, -0.25) is 14.4 Å². The van der Waals surface area contributed by atoms with Crippen molar-refractivity contribution in [2.24, 2.45) is 28.6 Å². The van der Waals surface area contributed by atoms with Crippen LogP contribution in [0.3, 0.4) is 0 Å². The van der Waals surface area contributed by atoms with E-state index in [9.17, 15) is 14.4 Å². The van der Waals surface area contributed by atoms with E-state index >= 15 is 0 Å². The van der Waals surface area contributed by atoms with Crippen molar-refractivity contribution in [3.05, 3.63) is 23.8 Å². The summed E-state index contributed by atoms with van der Waals surface area (Å²) < 4.78 is 11.1. The molecule has 3 saturated carbocycles. The molecule has 26 heavy (non-hydrogen) atoms. The van der Waals surface area contributed by atoms with E-state index in [2.05, 4.69) is 13.8 Å². The van der Waals surface area contributed by atoms with Crippen molar-refractivity contribution < 1.29 is 23.9 Å². The molecule has 0 aromatic rings. The van der Waals surface area contributed by atoms with Gasteiger partial charge in [-0.1, -0.05) is 25.5 Å². The number of fused-ring (bicyclic) bond motifs is 5. The van der Waals surface area contributed by atoms with Crippen LogP contribution in [0.1, 0.15) is 46.0 Å². The number of ether oxygens (including phenoxy) is 2. The normalized spacial score (nSPS) is 46.5. The molecule has 0 N–H and O–H groups in total. The topological polar surface area (TPSA) is 69.7 Å². The van der Waals surface area contributed by atoms with Gasteiger partial charge in [0.05, 0.1) is 0 Å². The average Bonchev–Trinajstić information content (AvgIpc) is 2.92. The van der Waals surface area contributed by atoms with Gasteiger partial charge in [-0.25, -0.2) is 0 Å². The Labute approximate surface area is 153 Å². The molecule has 3 fully saturated rings. The maximum Gasteiger partial charge on any atom is 0.293 e. The minimum Gasteiger partial charge on any atom is -0.464 e. The van der Waals surface area contributed by atoms with Crippen LogP contribution in [-0.2, 0) is 23.9 Å². The summed E-state index contributed by atoms with van der Waals surface area (Å²) in [5.41, 5.74) is 0.741. The summed E-state index contributed by atoms with van der Waals surface area (Å²) in [4.78, 5) is 34.1. The van der Waals surface area contributed by atoms with Gasteiger partial charge in [0, 0.05) is 16.7 Å². The minimum atomic E-state index is -0.255. The van der Waals surface area contributed by atoms with E-state index < -0.39 is 0 Å². The molecule has 0 unspecified atom stereocenters. The highest BCUT2D eigenvalue weighted by atomic mass is 16.5. The summed E-state index contributed by atoms with van der Waals surface area (Å²) in [5.74, 6) is 1.03. The van der Waals surface area contributed by atoms with E-state index in [4.69, 9.17) is 9.47 Å². The number of hydrogen-bond donors (Lipinski definition) is 0. The van der Waals surface area contributed by atoms with E-state index in [0.717, 1.165) is 31.3 Å². The van der Waals surface area contributed by atoms with Crippen molar-refractivity contribution in [1.82, 2.24) is 0 Å². The van der Waals surface area contributed by atoms with Crippen molar-refractivity contribution in [2.45, 2.75) is 58.2 Å². The fraction of sp³-hybridized carbons (Fsp3) is 0.667. The third-order valence-electron chi connectivity index (χ3n) is 7.83. The summed E-state index contributed by atoms with van der Waals surface area (Å²) in [5, 5.41) is 0. The molecule has 0 bridgehead atoms. The predicted octanol–water partition coefficient (Wildman–Crippen LogP) is 2.99. The van der Waals surface area contributed by atoms with Crippen LogP contribution in [0, 0.1) is 28.6 Å². The second-order valence-corrected chi connectivity index (χ2v) is 8.80. The number of ketones is 1. The molecule has 0 saturated heterocycles. The smallest absolute Gasteiger partial charge is 0.293 e. The van der Waals surface area contributed by atoms with Gasteiger partial charge in [0.1, 0.15) is 12.2 Å². The molecule has 5 nitrogen and oxygen atoms in total. The predicted molar refractivity (Wildman–Crippen MR) is 93.9 cm³/mol. The molecule has 4 aliphatic carbocycles. The van der Waals surface area contributed by atoms with Crippen LogP contribution >= 0.6 is 0 Å². The second kappa shape index (κ2) is 6.07. The highest BCUT2D eigenvalue weighted by Gasteiger charge is 2.63. The Morgan fingerprint density at radius 3 is 2.62 bits per heavy atom. The largest absolute Gasteiger partial charge is 0.464 e. The van der Waals surface area contributed by atoms with E-state index in [0.29, 0.717) is 31.2 Å². The van der Waals surface area contributed by atoms with Gasteiger partial charge in [0.2, 0.25) is 0 Å². The first-order valence-electron chi connectivity index (χ1n) is 9.56. The quantitative estimate of drug-likeness (QED) is 0.723. The van der Waals surface area contributed by atoms with Gasteiger partial charge in [0.15, 0.2) is 5.78 Å². The fourth-order valence-electron chi connectivity index (χ4n) is 6.73. The lowest BCUT2D eigenvalue weighted by Gasteiger charge is -2.58. The number of allylic oxidation sites excluding steroid dienone is 4. The third kappa shape index (κ3) is 2.32. The van der Waals surface area contributed by atoms with Crippen LogP contribution in [0.4, 0.5) is 0 Å². The van der Waals surface area contributed by atoms with Crippen molar-refractivity contribution >= 4 is 18.7 Å². The van der Waals surface area contributed by atoms with Crippen molar-refractivity contribution in [1.29, 1.82) is 0 Å². The van der Waals surface area contributed by atoms with Gasteiger partial charge in [0.25, 0.3) is 12.9 Å². The average molecular weight is 358 g/mol. The Bertz CT molecular complexity index is 695. The molecule has 0 spiro atoms. The van der Waals surface area contributed by atoms with Gasteiger partial charge < -0.3 is 9.47 Å². The second-order valence-electron chi connectivity index (χ2n) is 8.80. The molecular formula is C21H26O5.